The molecule has 1 aromatic heterocycles. The molecule has 0 spiro atoms. The Balaban J connectivity index is 2.76. The van der Waals surface area contributed by atoms with Gasteiger partial charge in [0, 0.05) is 12.7 Å². The van der Waals surface area contributed by atoms with Gasteiger partial charge in [0.15, 0.2) is 0 Å². The third kappa shape index (κ3) is 2.56. The lowest BCUT2D eigenvalue weighted by atomic mass is 10.3. The molecular weight excluding hydrogens is 188 g/mol. The largest absolute Gasteiger partial charge is 0.348 e. The van der Waals surface area contributed by atoms with E-state index < -0.39 is 0 Å². The predicted molar refractivity (Wildman–Crippen MR) is 51.8 cm³/mol. The van der Waals surface area contributed by atoms with Gasteiger partial charge in [-0.1, -0.05) is 17.7 Å². The van der Waals surface area contributed by atoms with Crippen LogP contribution < -0.4 is 5.32 Å². The molecule has 0 aliphatic rings. The van der Waals surface area contributed by atoms with E-state index in [0.717, 1.165) is 0 Å². The van der Waals surface area contributed by atoms with E-state index in [1.54, 1.807) is 18.2 Å². The van der Waals surface area contributed by atoms with Crippen LogP contribution in [0.3, 0.4) is 0 Å². The minimum absolute atomic E-state index is 0.212. The van der Waals surface area contributed by atoms with Crippen LogP contribution in [0, 0.1) is 0 Å². The highest BCUT2D eigenvalue weighted by atomic mass is 35.5. The summed E-state index contributed by atoms with van der Waals surface area (Å²) in [5.41, 5.74) is 0.381. The van der Waals surface area contributed by atoms with Crippen LogP contribution in [0.1, 0.15) is 10.4 Å². The highest BCUT2D eigenvalue weighted by Gasteiger charge is 2.08. The SMILES string of the molecule is C=CCNC(=O)c1cccnc1Cl. The normalized spacial score (nSPS) is 9.31. The Morgan fingerprint density at radius 3 is 3.15 bits per heavy atom. The van der Waals surface area contributed by atoms with E-state index in [9.17, 15) is 4.79 Å². The highest BCUT2D eigenvalue weighted by Crippen LogP contribution is 2.10. The average Bonchev–Trinajstić information content (AvgIpc) is 2.15. The van der Waals surface area contributed by atoms with Gasteiger partial charge >= 0.3 is 0 Å². The second kappa shape index (κ2) is 4.62. The zero-order chi connectivity index (χ0) is 9.68. The molecule has 13 heavy (non-hydrogen) atoms. The maximum atomic E-state index is 11.3. The van der Waals surface area contributed by atoms with Gasteiger partial charge in [-0.2, -0.15) is 0 Å². The summed E-state index contributed by atoms with van der Waals surface area (Å²) in [7, 11) is 0. The first kappa shape index (κ1) is 9.74. The topological polar surface area (TPSA) is 42.0 Å². The van der Waals surface area contributed by atoms with E-state index in [1.165, 1.54) is 6.20 Å². The molecule has 4 heteroatoms. The van der Waals surface area contributed by atoms with Crippen molar-refractivity contribution in [3.8, 4) is 0 Å². The molecule has 0 aliphatic heterocycles. The van der Waals surface area contributed by atoms with Crippen LogP contribution in [0.15, 0.2) is 31.0 Å². The molecular formula is C9H9ClN2O. The predicted octanol–water partition coefficient (Wildman–Crippen LogP) is 1.65. The maximum Gasteiger partial charge on any atom is 0.254 e. The molecule has 0 atom stereocenters. The van der Waals surface area contributed by atoms with E-state index in [4.69, 9.17) is 11.6 Å². The Bertz CT molecular complexity index is 325. The Kier molecular flexibility index (Phi) is 3.46. The summed E-state index contributed by atoms with van der Waals surface area (Å²) in [6, 6.07) is 3.28. The quantitative estimate of drug-likeness (QED) is 0.590. The van der Waals surface area contributed by atoms with Crippen LogP contribution in [-0.4, -0.2) is 17.4 Å². The Morgan fingerprint density at radius 2 is 2.54 bits per heavy atom. The first-order valence-electron chi connectivity index (χ1n) is 3.75. The smallest absolute Gasteiger partial charge is 0.254 e. The summed E-state index contributed by atoms with van der Waals surface area (Å²) < 4.78 is 0. The number of pyridine rings is 1. The monoisotopic (exact) mass is 196 g/mol. The Morgan fingerprint density at radius 1 is 1.77 bits per heavy atom. The first-order chi connectivity index (χ1) is 6.25. The van der Waals surface area contributed by atoms with E-state index in [2.05, 4.69) is 16.9 Å². The summed E-state index contributed by atoms with van der Waals surface area (Å²) in [6.07, 6.45) is 3.13. The van der Waals surface area contributed by atoms with Crippen molar-refractivity contribution in [1.82, 2.24) is 10.3 Å². The van der Waals surface area contributed by atoms with Gasteiger partial charge in [0.05, 0.1) is 5.56 Å². The van der Waals surface area contributed by atoms with Crippen molar-refractivity contribution >= 4 is 17.5 Å². The van der Waals surface area contributed by atoms with Crippen LogP contribution in [-0.2, 0) is 0 Å². The third-order valence-corrected chi connectivity index (χ3v) is 1.71. The van der Waals surface area contributed by atoms with E-state index in [-0.39, 0.29) is 11.1 Å². The summed E-state index contributed by atoms with van der Waals surface area (Å²) in [6.45, 7) is 3.91. The lowest BCUT2D eigenvalue weighted by molar-refractivity contribution is 0.0958. The summed E-state index contributed by atoms with van der Waals surface area (Å²) >= 11 is 5.70. The molecule has 1 amide bonds. The van der Waals surface area contributed by atoms with Crippen LogP contribution in [0.25, 0.3) is 0 Å². The van der Waals surface area contributed by atoms with Crippen molar-refractivity contribution < 1.29 is 4.79 Å². The number of rotatable bonds is 3. The highest BCUT2D eigenvalue weighted by molar-refractivity contribution is 6.32. The average molecular weight is 197 g/mol. The molecule has 0 fully saturated rings. The van der Waals surface area contributed by atoms with Gasteiger partial charge in [0.2, 0.25) is 0 Å². The number of hydrogen-bond donors (Lipinski definition) is 1. The van der Waals surface area contributed by atoms with Crippen LogP contribution >= 0.6 is 11.6 Å². The lowest BCUT2D eigenvalue weighted by Crippen LogP contribution is -2.23. The van der Waals surface area contributed by atoms with Gasteiger partial charge in [-0.05, 0) is 12.1 Å². The fourth-order valence-corrected chi connectivity index (χ4v) is 1.02. The van der Waals surface area contributed by atoms with Crippen molar-refractivity contribution in [2.45, 2.75) is 0 Å². The summed E-state index contributed by atoms with van der Waals surface area (Å²) in [5, 5.41) is 2.82. The molecule has 1 heterocycles. The lowest BCUT2D eigenvalue weighted by Gasteiger charge is -2.02. The zero-order valence-corrected chi connectivity index (χ0v) is 7.71. The molecule has 0 bridgehead atoms. The summed E-state index contributed by atoms with van der Waals surface area (Å²) in [4.78, 5) is 15.1. The number of nitrogens with one attached hydrogen (secondary N) is 1. The van der Waals surface area contributed by atoms with Crippen molar-refractivity contribution in [3.63, 3.8) is 0 Å². The maximum absolute atomic E-state index is 11.3. The molecule has 0 aromatic carbocycles. The van der Waals surface area contributed by atoms with Crippen LogP contribution in [0.5, 0.6) is 0 Å². The number of halogens is 1. The number of nitrogens with zero attached hydrogens (tertiary/aromatic N) is 1. The van der Waals surface area contributed by atoms with Crippen molar-refractivity contribution in [2.24, 2.45) is 0 Å². The zero-order valence-electron chi connectivity index (χ0n) is 6.96. The van der Waals surface area contributed by atoms with E-state index in [1.807, 2.05) is 0 Å². The second-order valence-corrected chi connectivity index (χ2v) is 2.70. The van der Waals surface area contributed by atoms with Crippen molar-refractivity contribution in [3.05, 3.63) is 41.7 Å². The van der Waals surface area contributed by atoms with Gasteiger partial charge < -0.3 is 5.32 Å². The molecule has 68 valence electrons. The minimum atomic E-state index is -0.238. The molecule has 1 N–H and O–H groups in total. The van der Waals surface area contributed by atoms with Gasteiger partial charge in [-0.3, -0.25) is 4.79 Å². The molecule has 1 rings (SSSR count). The Labute approximate surface area is 81.4 Å². The van der Waals surface area contributed by atoms with Gasteiger partial charge in [-0.25, -0.2) is 4.98 Å². The fourth-order valence-electron chi connectivity index (χ4n) is 0.816. The number of carbonyl (C=O) groups excluding carboxylic acids is 1. The minimum Gasteiger partial charge on any atom is -0.348 e. The second-order valence-electron chi connectivity index (χ2n) is 2.34. The van der Waals surface area contributed by atoms with E-state index in [0.29, 0.717) is 12.1 Å². The number of carbonyl (C=O) groups is 1. The van der Waals surface area contributed by atoms with Gasteiger partial charge in [-0.15, -0.1) is 6.58 Å². The molecule has 0 unspecified atom stereocenters. The van der Waals surface area contributed by atoms with E-state index >= 15 is 0 Å². The number of aromatic nitrogens is 1. The standard InChI is InChI=1S/C9H9ClN2O/c1-2-5-12-9(13)7-4-3-6-11-8(7)10/h2-4,6H,1,5H2,(H,12,13). The fraction of sp³-hybridized carbons (Fsp3) is 0.111. The van der Waals surface area contributed by atoms with Crippen LogP contribution in [0.4, 0.5) is 0 Å². The molecule has 1 aromatic rings. The molecule has 0 saturated carbocycles. The first-order valence-corrected chi connectivity index (χ1v) is 4.13. The van der Waals surface area contributed by atoms with Crippen molar-refractivity contribution in [1.29, 1.82) is 0 Å². The summed E-state index contributed by atoms with van der Waals surface area (Å²) in [5.74, 6) is -0.238. The van der Waals surface area contributed by atoms with Crippen LogP contribution in [0.2, 0.25) is 5.15 Å². The molecule has 0 aliphatic carbocycles. The molecule has 3 nitrogen and oxygen atoms in total. The van der Waals surface area contributed by atoms with Crippen molar-refractivity contribution in [2.75, 3.05) is 6.54 Å². The Hall–Kier alpha value is -1.35. The molecule has 0 radical (unpaired) electrons. The van der Waals surface area contributed by atoms with Gasteiger partial charge in [0.25, 0.3) is 5.91 Å². The number of amides is 1. The third-order valence-electron chi connectivity index (χ3n) is 1.41. The number of hydrogen-bond acceptors (Lipinski definition) is 2. The molecule has 0 saturated heterocycles. The van der Waals surface area contributed by atoms with Gasteiger partial charge in [0.1, 0.15) is 5.15 Å².